The highest BCUT2D eigenvalue weighted by molar-refractivity contribution is 5.41. The number of anilines is 1. The number of ether oxygens (including phenoxy) is 1. The smallest absolute Gasteiger partial charge is 0.130 e. The van der Waals surface area contributed by atoms with E-state index in [1.807, 2.05) is 24.3 Å². The van der Waals surface area contributed by atoms with Crippen molar-refractivity contribution in [3.8, 4) is 5.75 Å². The molecule has 0 aliphatic rings. The fraction of sp³-hybridized carbons (Fsp3) is 0.100. The third-order valence-electron chi connectivity index (χ3n) is 1.83. The van der Waals surface area contributed by atoms with Gasteiger partial charge in [0.15, 0.2) is 0 Å². The molecule has 14 heavy (non-hydrogen) atoms. The van der Waals surface area contributed by atoms with E-state index in [-0.39, 0.29) is 0 Å². The summed E-state index contributed by atoms with van der Waals surface area (Å²) in [6.07, 6.45) is 3.36. The first kappa shape index (κ1) is 8.62. The van der Waals surface area contributed by atoms with Gasteiger partial charge in [-0.15, -0.1) is 0 Å². The van der Waals surface area contributed by atoms with Gasteiger partial charge in [0.1, 0.15) is 12.4 Å². The van der Waals surface area contributed by atoms with Crippen LogP contribution in [0, 0.1) is 0 Å². The van der Waals surface area contributed by atoms with Crippen molar-refractivity contribution in [1.82, 2.24) is 9.97 Å². The van der Waals surface area contributed by atoms with Gasteiger partial charge in [-0.3, -0.25) is 0 Å². The topological polar surface area (TPSA) is 63.9 Å². The van der Waals surface area contributed by atoms with Crippen molar-refractivity contribution in [2.75, 3.05) is 5.73 Å². The van der Waals surface area contributed by atoms with Crippen molar-refractivity contribution in [3.63, 3.8) is 0 Å². The van der Waals surface area contributed by atoms with Gasteiger partial charge in [-0.1, -0.05) is 0 Å². The van der Waals surface area contributed by atoms with Crippen LogP contribution in [0.1, 0.15) is 5.69 Å². The number of nitrogens with zero attached hydrogens (tertiary/aromatic N) is 1. The van der Waals surface area contributed by atoms with Crippen LogP contribution in [0.15, 0.2) is 36.8 Å². The molecule has 0 spiro atoms. The summed E-state index contributed by atoms with van der Waals surface area (Å²) in [7, 11) is 0. The Bertz CT molecular complexity index is 380. The molecule has 0 aliphatic heterocycles. The minimum Gasteiger partial charge on any atom is -0.487 e. The number of aromatic nitrogens is 2. The number of imidazole rings is 1. The monoisotopic (exact) mass is 189 g/mol. The first-order valence-electron chi connectivity index (χ1n) is 4.30. The first-order chi connectivity index (χ1) is 6.84. The molecule has 1 aromatic carbocycles. The number of hydrogen-bond acceptors (Lipinski definition) is 3. The Morgan fingerprint density at radius 2 is 2.07 bits per heavy atom. The predicted octanol–water partition coefficient (Wildman–Crippen LogP) is 1.57. The maximum absolute atomic E-state index is 5.55. The zero-order chi connectivity index (χ0) is 9.80. The lowest BCUT2D eigenvalue weighted by Gasteiger charge is -2.03. The lowest BCUT2D eigenvalue weighted by atomic mass is 10.3. The molecule has 0 bridgehead atoms. The van der Waals surface area contributed by atoms with Crippen molar-refractivity contribution in [3.05, 3.63) is 42.5 Å². The van der Waals surface area contributed by atoms with Gasteiger partial charge < -0.3 is 15.5 Å². The standard InChI is InChI=1S/C10H11N3O/c11-8-1-3-10(4-2-8)14-6-9-5-12-7-13-9/h1-5,7H,6,11H2,(H,12,13). The molecule has 0 aliphatic carbocycles. The summed E-state index contributed by atoms with van der Waals surface area (Å²) < 4.78 is 5.48. The molecule has 0 saturated carbocycles. The number of benzene rings is 1. The summed E-state index contributed by atoms with van der Waals surface area (Å²) in [5, 5.41) is 0. The fourth-order valence-electron chi connectivity index (χ4n) is 1.09. The molecule has 4 nitrogen and oxygen atoms in total. The van der Waals surface area contributed by atoms with Gasteiger partial charge >= 0.3 is 0 Å². The van der Waals surface area contributed by atoms with Gasteiger partial charge in [-0.05, 0) is 24.3 Å². The van der Waals surface area contributed by atoms with Gasteiger partial charge in [0, 0.05) is 5.69 Å². The lowest BCUT2D eigenvalue weighted by Crippen LogP contribution is -1.95. The van der Waals surface area contributed by atoms with Crippen LogP contribution in [0.2, 0.25) is 0 Å². The highest BCUT2D eigenvalue weighted by Gasteiger charge is 1.95. The van der Waals surface area contributed by atoms with Crippen molar-refractivity contribution in [2.45, 2.75) is 6.61 Å². The average molecular weight is 189 g/mol. The summed E-state index contributed by atoms with van der Waals surface area (Å²) >= 11 is 0. The van der Waals surface area contributed by atoms with Crippen LogP contribution in [0.4, 0.5) is 5.69 Å². The van der Waals surface area contributed by atoms with Crippen LogP contribution >= 0.6 is 0 Å². The van der Waals surface area contributed by atoms with E-state index in [1.165, 1.54) is 0 Å². The Morgan fingerprint density at radius 3 is 2.71 bits per heavy atom. The summed E-state index contributed by atoms with van der Waals surface area (Å²) in [6, 6.07) is 7.29. The maximum Gasteiger partial charge on any atom is 0.130 e. The minimum absolute atomic E-state index is 0.490. The van der Waals surface area contributed by atoms with Crippen molar-refractivity contribution in [2.24, 2.45) is 0 Å². The molecule has 4 heteroatoms. The highest BCUT2D eigenvalue weighted by atomic mass is 16.5. The molecule has 0 fully saturated rings. The third kappa shape index (κ3) is 2.04. The van der Waals surface area contributed by atoms with Crippen LogP contribution in [0.25, 0.3) is 0 Å². The Kier molecular flexibility index (Phi) is 2.36. The second-order valence-corrected chi connectivity index (χ2v) is 2.93. The molecule has 72 valence electrons. The van der Waals surface area contributed by atoms with Gasteiger partial charge in [0.2, 0.25) is 0 Å². The number of nitrogen functional groups attached to an aromatic ring is 1. The Hall–Kier alpha value is -1.97. The molecule has 0 saturated heterocycles. The second kappa shape index (κ2) is 3.83. The molecular formula is C10H11N3O. The number of aromatic amines is 1. The first-order valence-corrected chi connectivity index (χ1v) is 4.30. The van der Waals surface area contributed by atoms with Crippen LogP contribution in [0.3, 0.4) is 0 Å². The van der Waals surface area contributed by atoms with Gasteiger partial charge in [-0.2, -0.15) is 0 Å². The van der Waals surface area contributed by atoms with E-state index in [9.17, 15) is 0 Å². The fourth-order valence-corrected chi connectivity index (χ4v) is 1.09. The van der Waals surface area contributed by atoms with Gasteiger partial charge in [0.05, 0.1) is 18.2 Å². The van der Waals surface area contributed by atoms with E-state index in [0.29, 0.717) is 6.61 Å². The quantitative estimate of drug-likeness (QED) is 0.720. The Labute approximate surface area is 81.7 Å². The molecule has 1 aromatic heterocycles. The normalized spacial score (nSPS) is 10.0. The van der Waals surface area contributed by atoms with Crippen molar-refractivity contribution >= 4 is 5.69 Å². The van der Waals surface area contributed by atoms with Gasteiger partial charge in [-0.25, -0.2) is 4.98 Å². The van der Waals surface area contributed by atoms with Crippen LogP contribution in [0.5, 0.6) is 5.75 Å². The molecule has 0 atom stereocenters. The number of H-pyrrole nitrogens is 1. The summed E-state index contributed by atoms with van der Waals surface area (Å²) in [5.74, 6) is 0.800. The van der Waals surface area contributed by atoms with E-state index in [0.717, 1.165) is 17.1 Å². The van der Waals surface area contributed by atoms with Crippen molar-refractivity contribution in [1.29, 1.82) is 0 Å². The molecule has 3 N–H and O–H groups in total. The molecule has 0 amide bonds. The van der Waals surface area contributed by atoms with E-state index in [2.05, 4.69) is 9.97 Å². The number of nitrogens with two attached hydrogens (primary N) is 1. The zero-order valence-electron chi connectivity index (χ0n) is 7.60. The average Bonchev–Trinajstić information content (AvgIpc) is 2.70. The van der Waals surface area contributed by atoms with Crippen LogP contribution in [-0.4, -0.2) is 9.97 Å². The molecular weight excluding hydrogens is 178 g/mol. The Morgan fingerprint density at radius 1 is 1.29 bits per heavy atom. The SMILES string of the molecule is Nc1ccc(OCc2cnc[nH]2)cc1. The van der Waals surface area contributed by atoms with Crippen LogP contribution < -0.4 is 10.5 Å². The van der Waals surface area contributed by atoms with E-state index < -0.39 is 0 Å². The molecule has 2 aromatic rings. The molecule has 1 heterocycles. The summed E-state index contributed by atoms with van der Waals surface area (Å²) in [5.41, 5.74) is 7.23. The van der Waals surface area contributed by atoms with Crippen molar-refractivity contribution < 1.29 is 4.74 Å². The van der Waals surface area contributed by atoms with Crippen LogP contribution in [-0.2, 0) is 6.61 Å². The third-order valence-corrected chi connectivity index (χ3v) is 1.83. The largest absolute Gasteiger partial charge is 0.487 e. The summed E-state index contributed by atoms with van der Waals surface area (Å²) in [6.45, 7) is 0.490. The lowest BCUT2D eigenvalue weighted by molar-refractivity contribution is 0.302. The van der Waals surface area contributed by atoms with E-state index in [1.54, 1.807) is 12.5 Å². The summed E-state index contributed by atoms with van der Waals surface area (Å²) in [4.78, 5) is 6.85. The molecule has 2 rings (SSSR count). The number of nitrogens with one attached hydrogen (secondary N) is 1. The predicted molar refractivity (Wildman–Crippen MR) is 53.8 cm³/mol. The number of hydrogen-bond donors (Lipinski definition) is 2. The second-order valence-electron chi connectivity index (χ2n) is 2.93. The number of rotatable bonds is 3. The van der Waals surface area contributed by atoms with Gasteiger partial charge in [0.25, 0.3) is 0 Å². The molecule has 0 radical (unpaired) electrons. The minimum atomic E-state index is 0.490. The van der Waals surface area contributed by atoms with E-state index >= 15 is 0 Å². The zero-order valence-corrected chi connectivity index (χ0v) is 7.60. The van der Waals surface area contributed by atoms with E-state index in [4.69, 9.17) is 10.5 Å². The highest BCUT2D eigenvalue weighted by Crippen LogP contribution is 2.14. The Balaban J connectivity index is 1.95. The molecule has 0 unspecified atom stereocenters. The maximum atomic E-state index is 5.55.